The largest absolute Gasteiger partial charge is 0.363 e. The zero-order chi connectivity index (χ0) is 14.3. The van der Waals surface area contributed by atoms with Gasteiger partial charge in [0, 0.05) is 25.3 Å². The van der Waals surface area contributed by atoms with E-state index in [0.29, 0.717) is 5.11 Å². The standard InChI is InChI=1S/C11H18N4O2S2.ClH/c1-2-13-11(18)15-9-3-5-10(6-4-9)19(16,17)14-8-7-12;/h3-6,14H,2,7-8,12H2,1H3,(H2,13,15,18);1H. The van der Waals surface area contributed by atoms with Crippen LogP contribution in [-0.2, 0) is 10.0 Å². The van der Waals surface area contributed by atoms with Gasteiger partial charge in [-0.25, -0.2) is 13.1 Å². The third-order valence-corrected chi connectivity index (χ3v) is 3.92. The van der Waals surface area contributed by atoms with Crippen molar-refractivity contribution >= 4 is 45.4 Å². The first-order valence-corrected chi connectivity index (χ1v) is 7.73. The first-order valence-electron chi connectivity index (χ1n) is 5.84. The van der Waals surface area contributed by atoms with E-state index in [1.54, 1.807) is 12.1 Å². The molecule has 1 aromatic carbocycles. The molecule has 0 spiro atoms. The molecule has 0 aliphatic rings. The Morgan fingerprint density at radius 1 is 1.30 bits per heavy atom. The van der Waals surface area contributed by atoms with Crippen molar-refractivity contribution in [1.29, 1.82) is 0 Å². The summed E-state index contributed by atoms with van der Waals surface area (Å²) in [5.41, 5.74) is 5.99. The van der Waals surface area contributed by atoms with E-state index in [-0.39, 0.29) is 30.4 Å². The number of rotatable bonds is 6. The number of thiocarbonyl (C=S) groups is 1. The molecule has 0 heterocycles. The van der Waals surface area contributed by atoms with Crippen LogP contribution in [0.15, 0.2) is 29.2 Å². The average molecular weight is 339 g/mol. The van der Waals surface area contributed by atoms with Gasteiger partial charge in [-0.05, 0) is 43.4 Å². The fraction of sp³-hybridized carbons (Fsp3) is 0.364. The Hall–Kier alpha value is -0.930. The van der Waals surface area contributed by atoms with Crippen molar-refractivity contribution < 1.29 is 8.42 Å². The summed E-state index contributed by atoms with van der Waals surface area (Å²) in [5.74, 6) is 0. The summed E-state index contributed by atoms with van der Waals surface area (Å²) >= 11 is 5.03. The fourth-order valence-electron chi connectivity index (χ4n) is 1.33. The zero-order valence-electron chi connectivity index (χ0n) is 11.0. The van der Waals surface area contributed by atoms with Crippen molar-refractivity contribution in [2.24, 2.45) is 5.73 Å². The molecule has 1 rings (SSSR count). The molecular weight excluding hydrogens is 320 g/mol. The summed E-state index contributed by atoms with van der Waals surface area (Å²) in [6.45, 7) is 3.14. The third kappa shape index (κ3) is 6.02. The van der Waals surface area contributed by atoms with Crippen molar-refractivity contribution in [3.8, 4) is 0 Å². The van der Waals surface area contributed by atoms with E-state index >= 15 is 0 Å². The molecule has 114 valence electrons. The van der Waals surface area contributed by atoms with Crippen LogP contribution in [0.2, 0.25) is 0 Å². The highest BCUT2D eigenvalue weighted by molar-refractivity contribution is 7.89. The number of nitrogens with one attached hydrogen (secondary N) is 3. The van der Waals surface area contributed by atoms with Gasteiger partial charge in [-0.3, -0.25) is 0 Å². The lowest BCUT2D eigenvalue weighted by molar-refractivity contribution is 0.582. The van der Waals surface area contributed by atoms with E-state index in [4.69, 9.17) is 18.0 Å². The number of benzene rings is 1. The Labute approximate surface area is 131 Å². The lowest BCUT2D eigenvalue weighted by atomic mass is 10.3. The van der Waals surface area contributed by atoms with E-state index < -0.39 is 10.0 Å². The summed E-state index contributed by atoms with van der Waals surface area (Å²) in [6, 6.07) is 6.33. The highest BCUT2D eigenvalue weighted by Gasteiger charge is 2.12. The summed E-state index contributed by atoms with van der Waals surface area (Å²) in [4.78, 5) is 0.195. The number of hydrogen-bond acceptors (Lipinski definition) is 4. The van der Waals surface area contributed by atoms with Crippen LogP contribution in [0, 0.1) is 0 Å². The third-order valence-electron chi connectivity index (χ3n) is 2.20. The van der Waals surface area contributed by atoms with Crippen LogP contribution in [0.3, 0.4) is 0 Å². The van der Waals surface area contributed by atoms with Gasteiger partial charge < -0.3 is 16.4 Å². The van der Waals surface area contributed by atoms with E-state index in [0.717, 1.165) is 12.2 Å². The van der Waals surface area contributed by atoms with Crippen molar-refractivity contribution in [2.75, 3.05) is 25.0 Å². The van der Waals surface area contributed by atoms with E-state index in [2.05, 4.69) is 15.4 Å². The van der Waals surface area contributed by atoms with Crippen molar-refractivity contribution in [1.82, 2.24) is 10.0 Å². The van der Waals surface area contributed by atoms with E-state index in [9.17, 15) is 8.42 Å². The van der Waals surface area contributed by atoms with Crippen LogP contribution < -0.4 is 21.1 Å². The Bertz CT molecular complexity index is 520. The van der Waals surface area contributed by atoms with Crippen LogP contribution in [0.1, 0.15) is 6.92 Å². The molecule has 0 atom stereocenters. The second-order valence-electron chi connectivity index (χ2n) is 3.70. The number of anilines is 1. The number of nitrogens with two attached hydrogens (primary N) is 1. The quantitative estimate of drug-likeness (QED) is 0.569. The van der Waals surface area contributed by atoms with Gasteiger partial charge in [0.2, 0.25) is 10.0 Å². The number of hydrogen-bond donors (Lipinski definition) is 4. The second-order valence-corrected chi connectivity index (χ2v) is 5.87. The predicted octanol–water partition coefficient (Wildman–Crippen LogP) is 0.652. The molecule has 0 fully saturated rings. The van der Waals surface area contributed by atoms with Crippen molar-refractivity contribution in [3.63, 3.8) is 0 Å². The maximum atomic E-state index is 11.8. The minimum atomic E-state index is -3.48. The van der Waals surface area contributed by atoms with Crippen LogP contribution in [0.4, 0.5) is 5.69 Å². The number of sulfonamides is 1. The summed E-state index contributed by atoms with van der Waals surface area (Å²) in [5, 5.41) is 6.39. The molecule has 0 saturated heterocycles. The van der Waals surface area contributed by atoms with E-state index in [1.807, 2.05) is 6.92 Å². The molecule has 0 radical (unpaired) electrons. The molecule has 0 aliphatic carbocycles. The predicted molar refractivity (Wildman–Crippen MR) is 87.8 cm³/mol. The zero-order valence-corrected chi connectivity index (χ0v) is 13.5. The molecule has 5 N–H and O–H groups in total. The first-order chi connectivity index (χ1) is 8.99. The van der Waals surface area contributed by atoms with Gasteiger partial charge in [0.1, 0.15) is 0 Å². The van der Waals surface area contributed by atoms with Gasteiger partial charge >= 0.3 is 0 Å². The first kappa shape index (κ1) is 19.1. The lowest BCUT2D eigenvalue weighted by Crippen LogP contribution is -2.29. The van der Waals surface area contributed by atoms with Gasteiger partial charge in [0.15, 0.2) is 5.11 Å². The van der Waals surface area contributed by atoms with Crippen LogP contribution >= 0.6 is 24.6 Å². The topological polar surface area (TPSA) is 96.2 Å². The molecule has 0 aliphatic heterocycles. The van der Waals surface area contributed by atoms with Crippen LogP contribution in [0.25, 0.3) is 0 Å². The number of halogens is 1. The molecule has 6 nitrogen and oxygen atoms in total. The molecule has 0 aromatic heterocycles. The Balaban J connectivity index is 0.00000361. The summed E-state index contributed by atoms with van der Waals surface area (Å²) in [7, 11) is -3.48. The van der Waals surface area contributed by atoms with Crippen molar-refractivity contribution in [3.05, 3.63) is 24.3 Å². The molecule has 9 heteroatoms. The molecule has 20 heavy (non-hydrogen) atoms. The van der Waals surface area contributed by atoms with Crippen molar-refractivity contribution in [2.45, 2.75) is 11.8 Å². The monoisotopic (exact) mass is 338 g/mol. The molecule has 0 unspecified atom stereocenters. The van der Waals surface area contributed by atoms with Gasteiger partial charge in [-0.1, -0.05) is 0 Å². The van der Waals surface area contributed by atoms with Gasteiger partial charge in [-0.15, -0.1) is 12.4 Å². The van der Waals surface area contributed by atoms with E-state index in [1.165, 1.54) is 12.1 Å². The van der Waals surface area contributed by atoms with Gasteiger partial charge in [-0.2, -0.15) is 0 Å². The highest BCUT2D eigenvalue weighted by atomic mass is 35.5. The van der Waals surface area contributed by atoms with Crippen LogP contribution in [0.5, 0.6) is 0 Å². The maximum Gasteiger partial charge on any atom is 0.240 e. The van der Waals surface area contributed by atoms with Crippen LogP contribution in [-0.4, -0.2) is 33.2 Å². The minimum Gasteiger partial charge on any atom is -0.363 e. The SMILES string of the molecule is CCNC(=S)Nc1ccc(S(=O)(=O)NCCN)cc1.Cl. The molecule has 0 saturated carbocycles. The summed E-state index contributed by atoms with van der Waals surface area (Å²) in [6.07, 6.45) is 0. The normalized spacial score (nSPS) is 10.5. The highest BCUT2D eigenvalue weighted by Crippen LogP contribution is 2.13. The minimum absolute atomic E-state index is 0. The Kier molecular flexibility index (Phi) is 8.67. The lowest BCUT2D eigenvalue weighted by Gasteiger charge is -2.10. The Morgan fingerprint density at radius 2 is 1.90 bits per heavy atom. The fourth-order valence-corrected chi connectivity index (χ4v) is 2.64. The summed E-state index contributed by atoms with van der Waals surface area (Å²) < 4.78 is 26.0. The molecule has 1 aromatic rings. The molecule has 0 amide bonds. The molecular formula is C11H19ClN4O2S2. The maximum absolute atomic E-state index is 11.8. The molecule has 0 bridgehead atoms. The Morgan fingerprint density at radius 3 is 2.40 bits per heavy atom. The smallest absolute Gasteiger partial charge is 0.240 e. The second kappa shape index (κ2) is 9.09. The van der Waals surface area contributed by atoms with Gasteiger partial charge in [0.05, 0.1) is 4.90 Å². The van der Waals surface area contributed by atoms with Gasteiger partial charge in [0.25, 0.3) is 0 Å². The average Bonchev–Trinajstić information content (AvgIpc) is 2.37.